The molecule has 0 atom stereocenters. The largest absolute Gasteiger partial charge is 0.495 e. The summed E-state index contributed by atoms with van der Waals surface area (Å²) in [7, 11) is 0.481. The number of anilines is 1. The fourth-order valence-corrected chi connectivity index (χ4v) is 3.02. The second kappa shape index (κ2) is 8.23. The van der Waals surface area contributed by atoms with E-state index in [1.54, 1.807) is 13.0 Å². The van der Waals surface area contributed by atoms with Crippen molar-refractivity contribution >= 4 is 27.6 Å². The van der Waals surface area contributed by atoms with Crippen LogP contribution in [0.4, 0.5) is 5.69 Å². The number of aryl methyl sites for hydroxylation is 1. The second-order valence-corrected chi connectivity index (χ2v) is 7.84. The summed E-state index contributed by atoms with van der Waals surface area (Å²) in [5, 5.41) is 2.47. The van der Waals surface area contributed by atoms with Crippen LogP contribution in [0, 0.1) is 6.92 Å². The summed E-state index contributed by atoms with van der Waals surface area (Å²) in [6, 6.07) is 7.09. The lowest BCUT2D eigenvalue weighted by atomic mass is 10.3. The van der Waals surface area contributed by atoms with E-state index >= 15 is 0 Å². The molecular weight excluding hydrogens is 376 g/mol. The van der Waals surface area contributed by atoms with Gasteiger partial charge in [-0.2, -0.15) is 0 Å². The highest BCUT2D eigenvalue weighted by molar-refractivity contribution is 7.89. The van der Waals surface area contributed by atoms with E-state index in [2.05, 4.69) is 5.32 Å². The van der Waals surface area contributed by atoms with Gasteiger partial charge < -0.3 is 19.2 Å². The van der Waals surface area contributed by atoms with E-state index < -0.39 is 28.5 Å². The van der Waals surface area contributed by atoms with Crippen LogP contribution in [0.25, 0.3) is 0 Å². The third kappa shape index (κ3) is 4.86. The summed E-state index contributed by atoms with van der Waals surface area (Å²) in [4.78, 5) is 23.9. The summed E-state index contributed by atoms with van der Waals surface area (Å²) in [6.07, 6.45) is 0. The second-order valence-electron chi connectivity index (χ2n) is 5.68. The number of furan rings is 1. The van der Waals surface area contributed by atoms with Crippen molar-refractivity contribution < 1.29 is 31.9 Å². The lowest BCUT2D eigenvalue weighted by molar-refractivity contribution is -0.119. The highest BCUT2D eigenvalue weighted by Gasteiger charge is 2.20. The summed E-state index contributed by atoms with van der Waals surface area (Å²) in [5.74, 6) is -0.667. The van der Waals surface area contributed by atoms with E-state index in [9.17, 15) is 18.0 Å². The lowest BCUT2D eigenvalue weighted by Gasteiger charge is -2.15. The molecule has 146 valence electrons. The van der Waals surface area contributed by atoms with Gasteiger partial charge in [-0.3, -0.25) is 4.79 Å². The molecule has 1 amide bonds. The summed E-state index contributed by atoms with van der Waals surface area (Å²) >= 11 is 0. The van der Waals surface area contributed by atoms with Crippen molar-refractivity contribution in [3.05, 3.63) is 41.9 Å². The van der Waals surface area contributed by atoms with Gasteiger partial charge in [-0.1, -0.05) is 0 Å². The van der Waals surface area contributed by atoms with Crippen LogP contribution in [0.1, 0.15) is 16.3 Å². The number of hydrogen-bond donors (Lipinski definition) is 1. The van der Waals surface area contributed by atoms with Crippen molar-refractivity contribution in [2.45, 2.75) is 11.8 Å². The van der Waals surface area contributed by atoms with Crippen molar-refractivity contribution in [1.29, 1.82) is 0 Å². The minimum Gasteiger partial charge on any atom is -0.495 e. The Bertz CT molecular complexity index is 948. The predicted molar refractivity (Wildman–Crippen MR) is 96.2 cm³/mol. The van der Waals surface area contributed by atoms with Gasteiger partial charge in [0.15, 0.2) is 6.61 Å². The van der Waals surface area contributed by atoms with Gasteiger partial charge >= 0.3 is 5.97 Å². The van der Waals surface area contributed by atoms with Crippen LogP contribution in [-0.2, 0) is 19.6 Å². The van der Waals surface area contributed by atoms with Crippen molar-refractivity contribution in [1.82, 2.24) is 4.31 Å². The van der Waals surface area contributed by atoms with Crippen molar-refractivity contribution in [3.8, 4) is 5.75 Å². The molecule has 1 aromatic carbocycles. The fraction of sp³-hybridized carbons (Fsp3) is 0.294. The first-order chi connectivity index (χ1) is 12.6. The van der Waals surface area contributed by atoms with Crippen molar-refractivity contribution in [2.75, 3.05) is 33.1 Å². The van der Waals surface area contributed by atoms with E-state index in [0.29, 0.717) is 5.76 Å². The molecule has 2 aromatic rings. The molecule has 0 saturated carbocycles. The third-order valence-corrected chi connectivity index (χ3v) is 5.31. The zero-order valence-electron chi connectivity index (χ0n) is 15.3. The van der Waals surface area contributed by atoms with E-state index in [4.69, 9.17) is 13.9 Å². The number of hydrogen-bond acceptors (Lipinski definition) is 7. The van der Waals surface area contributed by atoms with Gasteiger partial charge in [0.2, 0.25) is 15.8 Å². The van der Waals surface area contributed by atoms with Gasteiger partial charge in [0.1, 0.15) is 11.5 Å². The van der Waals surface area contributed by atoms with Crippen LogP contribution >= 0.6 is 0 Å². The number of esters is 1. The number of nitrogens with zero attached hydrogens (tertiary/aromatic N) is 1. The van der Waals surface area contributed by atoms with E-state index in [-0.39, 0.29) is 22.1 Å². The molecule has 1 N–H and O–H groups in total. The van der Waals surface area contributed by atoms with E-state index in [1.807, 2.05) is 0 Å². The first kappa shape index (κ1) is 20.5. The van der Waals surface area contributed by atoms with Crippen molar-refractivity contribution in [3.63, 3.8) is 0 Å². The zero-order chi connectivity index (χ0) is 20.2. The standard InChI is InChI=1S/C17H20N2O7S/c1-11-5-7-15(26-11)17(21)25-10-16(20)18-13-9-12(6-8-14(13)24-4)27(22,23)19(2)3/h5-9H,10H2,1-4H3,(H,18,20). The minimum atomic E-state index is -3.69. The SMILES string of the molecule is COc1ccc(S(=O)(=O)N(C)C)cc1NC(=O)COC(=O)c1ccc(C)o1. The lowest BCUT2D eigenvalue weighted by Crippen LogP contribution is -2.23. The smallest absolute Gasteiger partial charge is 0.374 e. The number of amides is 1. The minimum absolute atomic E-state index is 0.0167. The van der Waals surface area contributed by atoms with E-state index in [0.717, 1.165) is 4.31 Å². The molecule has 1 heterocycles. The van der Waals surface area contributed by atoms with E-state index in [1.165, 1.54) is 45.5 Å². The summed E-state index contributed by atoms with van der Waals surface area (Å²) in [6.45, 7) is 1.09. The monoisotopic (exact) mass is 396 g/mol. The highest BCUT2D eigenvalue weighted by atomic mass is 32.2. The van der Waals surface area contributed by atoms with Gasteiger partial charge in [0.25, 0.3) is 5.91 Å². The third-order valence-electron chi connectivity index (χ3n) is 3.50. The van der Waals surface area contributed by atoms with Crippen LogP contribution in [-0.4, -0.2) is 52.4 Å². The van der Waals surface area contributed by atoms with Crippen LogP contribution < -0.4 is 10.1 Å². The van der Waals surface area contributed by atoms with Gasteiger partial charge in [-0.25, -0.2) is 17.5 Å². The normalized spacial score (nSPS) is 11.3. The van der Waals surface area contributed by atoms with Crippen LogP contribution in [0.5, 0.6) is 5.75 Å². The molecule has 9 nitrogen and oxygen atoms in total. The molecule has 0 bridgehead atoms. The number of rotatable bonds is 7. The molecule has 10 heteroatoms. The average molecular weight is 396 g/mol. The Morgan fingerprint density at radius 2 is 1.89 bits per heavy atom. The number of benzene rings is 1. The van der Waals surface area contributed by atoms with Crippen LogP contribution in [0.3, 0.4) is 0 Å². The first-order valence-corrected chi connectivity index (χ1v) is 9.23. The zero-order valence-corrected chi connectivity index (χ0v) is 16.1. The molecule has 27 heavy (non-hydrogen) atoms. The Labute approximate surface area is 156 Å². The van der Waals surface area contributed by atoms with Gasteiger partial charge in [0, 0.05) is 14.1 Å². The number of ether oxygens (including phenoxy) is 2. The maximum Gasteiger partial charge on any atom is 0.374 e. The molecule has 0 aliphatic rings. The molecule has 0 fully saturated rings. The summed E-state index contributed by atoms with van der Waals surface area (Å²) < 4.78 is 40.6. The maximum atomic E-state index is 12.2. The predicted octanol–water partition coefficient (Wildman–Crippen LogP) is 1.64. The molecule has 1 aromatic heterocycles. The molecule has 0 aliphatic carbocycles. The Kier molecular flexibility index (Phi) is 6.24. The van der Waals surface area contributed by atoms with Crippen LogP contribution in [0.15, 0.2) is 39.6 Å². The van der Waals surface area contributed by atoms with Gasteiger partial charge in [-0.05, 0) is 37.3 Å². The maximum absolute atomic E-state index is 12.2. The topological polar surface area (TPSA) is 115 Å². The molecule has 0 unspecified atom stereocenters. The number of carbonyl (C=O) groups is 2. The molecule has 2 rings (SSSR count). The fourth-order valence-electron chi connectivity index (χ4n) is 2.09. The van der Waals surface area contributed by atoms with Crippen molar-refractivity contribution in [2.24, 2.45) is 0 Å². The quantitative estimate of drug-likeness (QED) is 0.708. The molecule has 0 aliphatic heterocycles. The van der Waals surface area contributed by atoms with Crippen LogP contribution in [0.2, 0.25) is 0 Å². The molecule has 0 spiro atoms. The van der Waals surface area contributed by atoms with Gasteiger partial charge in [-0.15, -0.1) is 0 Å². The average Bonchev–Trinajstić information content (AvgIpc) is 3.06. The number of carbonyl (C=O) groups excluding carboxylic acids is 2. The molecule has 0 saturated heterocycles. The Morgan fingerprint density at radius 1 is 1.19 bits per heavy atom. The Morgan fingerprint density at radius 3 is 2.44 bits per heavy atom. The number of sulfonamides is 1. The van der Waals surface area contributed by atoms with Gasteiger partial charge in [0.05, 0.1) is 17.7 Å². The first-order valence-electron chi connectivity index (χ1n) is 7.79. The Balaban J connectivity index is 2.11. The molecule has 0 radical (unpaired) electrons. The molecular formula is C17H20N2O7S. The highest BCUT2D eigenvalue weighted by Crippen LogP contribution is 2.28. The Hall–Kier alpha value is -2.85. The number of nitrogens with one attached hydrogen (secondary N) is 1. The number of methoxy groups -OCH3 is 1. The summed E-state index contributed by atoms with van der Waals surface area (Å²) in [5.41, 5.74) is 0.135.